The van der Waals surface area contributed by atoms with Crippen LogP contribution in [0.2, 0.25) is 0 Å². The Morgan fingerprint density at radius 1 is 1.07 bits per heavy atom. The lowest BCUT2D eigenvalue weighted by Crippen LogP contribution is -2.50. The summed E-state index contributed by atoms with van der Waals surface area (Å²) in [6.07, 6.45) is -0.713. The van der Waals surface area contributed by atoms with Crippen molar-refractivity contribution >= 4 is 10.0 Å². The lowest BCUT2D eigenvalue weighted by molar-refractivity contribution is 0.0724. The van der Waals surface area contributed by atoms with Crippen LogP contribution in [0.25, 0.3) is 0 Å². The molecule has 0 saturated heterocycles. The molecule has 0 saturated carbocycles. The maximum Gasteiger partial charge on any atom is 0.243 e. The van der Waals surface area contributed by atoms with Crippen LogP contribution in [0.5, 0.6) is 11.5 Å². The maximum absolute atomic E-state index is 13.0. The van der Waals surface area contributed by atoms with Gasteiger partial charge in [-0.25, -0.2) is 8.42 Å². The topological polar surface area (TPSA) is 96.3 Å². The molecule has 4 rings (SSSR count). The summed E-state index contributed by atoms with van der Waals surface area (Å²) in [6.45, 7) is 0.544. The summed E-state index contributed by atoms with van der Waals surface area (Å²) in [5, 5.41) is 20.3. The summed E-state index contributed by atoms with van der Waals surface area (Å²) >= 11 is 0. The summed E-state index contributed by atoms with van der Waals surface area (Å²) in [4.78, 5) is 0.0874. The monoisotopic (exact) mass is 391 g/mol. The van der Waals surface area contributed by atoms with E-state index < -0.39 is 22.2 Å². The van der Waals surface area contributed by atoms with Crippen molar-refractivity contribution in [3.05, 3.63) is 53.6 Å². The Kier molecular flexibility index (Phi) is 4.81. The summed E-state index contributed by atoms with van der Waals surface area (Å²) in [7, 11) is -3.81. The molecule has 0 aromatic heterocycles. The Hall–Kier alpha value is -2.13. The van der Waals surface area contributed by atoms with Crippen molar-refractivity contribution < 1.29 is 28.1 Å². The molecule has 0 fully saturated rings. The van der Waals surface area contributed by atoms with Crippen molar-refractivity contribution in [1.82, 2.24) is 4.31 Å². The molecule has 2 aliphatic rings. The third-order valence-corrected chi connectivity index (χ3v) is 6.93. The molecule has 2 heterocycles. The Morgan fingerprint density at radius 3 is 2.59 bits per heavy atom. The van der Waals surface area contributed by atoms with Crippen molar-refractivity contribution in [3.8, 4) is 11.5 Å². The lowest BCUT2D eigenvalue weighted by Gasteiger charge is -2.39. The van der Waals surface area contributed by atoms with Gasteiger partial charge in [-0.2, -0.15) is 4.31 Å². The van der Waals surface area contributed by atoms with Crippen LogP contribution >= 0.6 is 0 Å². The summed E-state index contributed by atoms with van der Waals surface area (Å²) < 4.78 is 38.4. The standard InChI is InChI=1S/C19H21NO6S/c21-8-7-20-15(11-13-5-6-16-17(12-13)26-10-9-25-16)19(22)14-3-1-2-4-18(14)27(20,23)24/h1-6,12,15,19,21-22H,7-11H2/t15-,19+/m0/s1. The van der Waals surface area contributed by atoms with Crippen molar-refractivity contribution in [3.63, 3.8) is 0 Å². The minimum atomic E-state index is -3.81. The van der Waals surface area contributed by atoms with Gasteiger partial charge in [0.1, 0.15) is 13.2 Å². The van der Waals surface area contributed by atoms with Crippen molar-refractivity contribution in [2.75, 3.05) is 26.4 Å². The first-order chi connectivity index (χ1) is 13.0. The Morgan fingerprint density at radius 2 is 1.81 bits per heavy atom. The highest BCUT2D eigenvalue weighted by molar-refractivity contribution is 7.89. The number of rotatable bonds is 4. The number of β-amino-alcohol motifs (C(OH)–C–C–N with tert-alkyl or cyclic N) is 1. The van der Waals surface area contributed by atoms with E-state index in [1.807, 2.05) is 12.1 Å². The van der Waals surface area contributed by atoms with Gasteiger partial charge < -0.3 is 19.7 Å². The van der Waals surface area contributed by atoms with Crippen molar-refractivity contribution in [2.45, 2.75) is 23.5 Å². The molecule has 2 aromatic carbocycles. The number of fused-ring (bicyclic) bond motifs is 2. The molecule has 0 aliphatic carbocycles. The number of aliphatic hydroxyl groups is 2. The molecule has 0 bridgehead atoms. The third kappa shape index (κ3) is 3.19. The van der Waals surface area contributed by atoms with E-state index in [4.69, 9.17) is 9.47 Å². The van der Waals surface area contributed by atoms with Gasteiger partial charge in [-0.1, -0.05) is 24.3 Å². The van der Waals surface area contributed by atoms with Gasteiger partial charge in [0, 0.05) is 12.1 Å². The van der Waals surface area contributed by atoms with E-state index in [9.17, 15) is 18.6 Å². The summed E-state index contributed by atoms with van der Waals surface area (Å²) in [6, 6.07) is 11.2. The van der Waals surface area contributed by atoms with E-state index >= 15 is 0 Å². The quantitative estimate of drug-likeness (QED) is 0.810. The SMILES string of the molecule is O=S1(=O)c2ccccc2[C@@H](O)[C@H](Cc2ccc3c(c2)OCCO3)N1CCO. The second-order valence-electron chi connectivity index (χ2n) is 6.57. The zero-order chi connectivity index (χ0) is 19.0. The van der Waals surface area contributed by atoms with E-state index in [-0.39, 0.29) is 24.5 Å². The smallest absolute Gasteiger partial charge is 0.243 e. The molecular formula is C19H21NO6S. The number of nitrogens with zero attached hydrogens (tertiary/aromatic N) is 1. The number of hydrogen-bond donors (Lipinski definition) is 2. The van der Waals surface area contributed by atoms with Gasteiger partial charge in [0.15, 0.2) is 11.5 Å². The largest absolute Gasteiger partial charge is 0.486 e. The normalized spacial score (nSPS) is 23.6. The number of hydrogen-bond acceptors (Lipinski definition) is 6. The number of aliphatic hydroxyl groups excluding tert-OH is 2. The maximum atomic E-state index is 13.0. The molecule has 27 heavy (non-hydrogen) atoms. The number of benzene rings is 2. The predicted octanol–water partition coefficient (Wildman–Crippen LogP) is 1.10. The van der Waals surface area contributed by atoms with Gasteiger partial charge in [0.05, 0.1) is 23.6 Å². The van der Waals surface area contributed by atoms with Crippen LogP contribution in [0.4, 0.5) is 0 Å². The van der Waals surface area contributed by atoms with Crippen LogP contribution in [0.3, 0.4) is 0 Å². The fraction of sp³-hybridized carbons (Fsp3) is 0.368. The van der Waals surface area contributed by atoms with E-state index in [1.165, 1.54) is 10.4 Å². The van der Waals surface area contributed by atoms with E-state index in [0.29, 0.717) is 30.3 Å². The van der Waals surface area contributed by atoms with Crippen molar-refractivity contribution in [1.29, 1.82) is 0 Å². The van der Waals surface area contributed by atoms with Gasteiger partial charge >= 0.3 is 0 Å². The Labute approximate surface area is 157 Å². The first-order valence-corrected chi connectivity index (χ1v) is 10.2. The summed E-state index contributed by atoms with van der Waals surface area (Å²) in [5.74, 6) is 1.26. The molecule has 2 N–H and O–H groups in total. The zero-order valence-corrected chi connectivity index (χ0v) is 15.4. The zero-order valence-electron chi connectivity index (χ0n) is 14.6. The third-order valence-electron chi connectivity index (χ3n) is 4.93. The molecule has 0 radical (unpaired) electrons. The van der Waals surface area contributed by atoms with E-state index in [1.54, 1.807) is 24.3 Å². The molecule has 144 valence electrons. The molecule has 0 amide bonds. The predicted molar refractivity (Wildman–Crippen MR) is 97.3 cm³/mol. The molecular weight excluding hydrogens is 370 g/mol. The van der Waals surface area contributed by atoms with Crippen LogP contribution in [0.1, 0.15) is 17.2 Å². The van der Waals surface area contributed by atoms with E-state index in [2.05, 4.69) is 0 Å². The van der Waals surface area contributed by atoms with Gasteiger partial charge in [0.25, 0.3) is 0 Å². The summed E-state index contributed by atoms with van der Waals surface area (Å²) in [5.41, 5.74) is 1.20. The average molecular weight is 391 g/mol. The van der Waals surface area contributed by atoms with Crippen LogP contribution < -0.4 is 9.47 Å². The highest BCUT2D eigenvalue weighted by Crippen LogP contribution is 2.39. The van der Waals surface area contributed by atoms with Crippen LogP contribution in [-0.4, -0.2) is 55.3 Å². The molecule has 2 atom stereocenters. The molecule has 0 unspecified atom stereocenters. The van der Waals surface area contributed by atoms with Gasteiger partial charge in [0.2, 0.25) is 10.0 Å². The second kappa shape index (κ2) is 7.12. The van der Waals surface area contributed by atoms with Gasteiger partial charge in [-0.15, -0.1) is 0 Å². The second-order valence-corrected chi connectivity index (χ2v) is 8.43. The fourth-order valence-corrected chi connectivity index (χ4v) is 5.54. The first-order valence-electron chi connectivity index (χ1n) is 8.80. The van der Waals surface area contributed by atoms with Crippen LogP contribution in [0.15, 0.2) is 47.4 Å². The minimum Gasteiger partial charge on any atom is -0.486 e. The number of sulfonamides is 1. The fourth-order valence-electron chi connectivity index (χ4n) is 3.68. The van der Waals surface area contributed by atoms with Crippen LogP contribution in [-0.2, 0) is 16.4 Å². The molecule has 8 heteroatoms. The van der Waals surface area contributed by atoms with E-state index in [0.717, 1.165) is 5.56 Å². The Bertz CT molecular complexity index is 945. The Balaban J connectivity index is 1.72. The minimum absolute atomic E-state index is 0.0804. The lowest BCUT2D eigenvalue weighted by atomic mass is 9.95. The van der Waals surface area contributed by atoms with Gasteiger partial charge in [-0.3, -0.25) is 0 Å². The molecule has 2 aromatic rings. The number of ether oxygens (including phenoxy) is 2. The van der Waals surface area contributed by atoms with Gasteiger partial charge in [-0.05, 0) is 30.2 Å². The molecule has 7 nitrogen and oxygen atoms in total. The average Bonchev–Trinajstić information content (AvgIpc) is 2.69. The first kappa shape index (κ1) is 18.2. The molecule has 0 spiro atoms. The van der Waals surface area contributed by atoms with Crippen LogP contribution in [0, 0.1) is 0 Å². The highest BCUT2D eigenvalue weighted by Gasteiger charge is 2.43. The van der Waals surface area contributed by atoms with Crippen molar-refractivity contribution in [2.24, 2.45) is 0 Å². The molecule has 2 aliphatic heterocycles. The highest BCUT2D eigenvalue weighted by atomic mass is 32.2.